The van der Waals surface area contributed by atoms with E-state index in [1.165, 1.54) is 24.1 Å². The Morgan fingerprint density at radius 1 is 1.35 bits per heavy atom. The summed E-state index contributed by atoms with van der Waals surface area (Å²) in [7, 11) is 0. The van der Waals surface area contributed by atoms with Gasteiger partial charge in [0.1, 0.15) is 6.04 Å². The molecule has 1 aromatic heterocycles. The molecule has 2 nitrogen and oxygen atoms in total. The Balaban J connectivity index is 2.09. The van der Waals surface area contributed by atoms with Crippen LogP contribution in [0.5, 0.6) is 0 Å². The molecule has 0 saturated carbocycles. The van der Waals surface area contributed by atoms with E-state index in [9.17, 15) is 5.26 Å². The molecular formula is C13H17BrN2S. The summed E-state index contributed by atoms with van der Waals surface area (Å²) in [5.74, 6) is 0.300. The van der Waals surface area contributed by atoms with Crippen LogP contribution in [0.3, 0.4) is 0 Å². The summed E-state index contributed by atoms with van der Waals surface area (Å²) in [6, 6.07) is 6.73. The molecule has 92 valence electrons. The van der Waals surface area contributed by atoms with E-state index in [2.05, 4.69) is 46.0 Å². The zero-order valence-electron chi connectivity index (χ0n) is 10.0. The number of thiophene rings is 1. The fourth-order valence-electron chi connectivity index (χ4n) is 2.43. The number of likely N-dealkylation sites (tertiary alicyclic amines) is 1. The first-order chi connectivity index (χ1) is 8.22. The monoisotopic (exact) mass is 312 g/mol. The van der Waals surface area contributed by atoms with Crippen LogP contribution in [0.4, 0.5) is 0 Å². The van der Waals surface area contributed by atoms with Gasteiger partial charge in [-0.2, -0.15) is 5.26 Å². The highest BCUT2D eigenvalue weighted by atomic mass is 79.9. The van der Waals surface area contributed by atoms with Gasteiger partial charge < -0.3 is 0 Å². The number of halogens is 1. The molecule has 4 heteroatoms. The second kappa shape index (κ2) is 5.99. The lowest BCUT2D eigenvalue weighted by Crippen LogP contribution is -2.41. The molecule has 0 amide bonds. The molecule has 0 aromatic carbocycles. The number of nitriles is 1. The molecule has 1 aromatic rings. The average Bonchev–Trinajstić information content (AvgIpc) is 2.78. The third kappa shape index (κ3) is 3.09. The van der Waals surface area contributed by atoms with E-state index >= 15 is 0 Å². The molecule has 1 aliphatic rings. The Morgan fingerprint density at radius 2 is 2.06 bits per heavy atom. The highest BCUT2D eigenvalue weighted by Crippen LogP contribution is 2.32. The molecule has 2 unspecified atom stereocenters. The molecule has 0 aliphatic carbocycles. The van der Waals surface area contributed by atoms with Crippen molar-refractivity contribution in [2.45, 2.75) is 38.1 Å². The molecule has 1 saturated heterocycles. The predicted molar refractivity (Wildman–Crippen MR) is 75.3 cm³/mol. The number of hydrogen-bond acceptors (Lipinski definition) is 3. The van der Waals surface area contributed by atoms with Crippen molar-refractivity contribution in [3.8, 4) is 6.07 Å². The largest absolute Gasteiger partial charge is 0.288 e. The van der Waals surface area contributed by atoms with Crippen molar-refractivity contribution in [2.75, 3.05) is 13.1 Å². The lowest BCUT2D eigenvalue weighted by atomic mass is 9.97. The number of nitrogens with zero attached hydrogens (tertiary/aromatic N) is 2. The van der Waals surface area contributed by atoms with Gasteiger partial charge in [-0.25, -0.2) is 0 Å². The first kappa shape index (κ1) is 13.1. The summed E-state index contributed by atoms with van der Waals surface area (Å²) in [5, 5.41) is 9.42. The highest BCUT2D eigenvalue weighted by Gasteiger charge is 2.27. The molecule has 2 heterocycles. The van der Waals surface area contributed by atoms with E-state index < -0.39 is 0 Å². The third-order valence-corrected chi connectivity index (χ3v) is 5.26. The molecule has 2 atom stereocenters. The minimum Gasteiger partial charge on any atom is -0.288 e. The third-order valence-electron chi connectivity index (χ3n) is 3.43. The summed E-state index contributed by atoms with van der Waals surface area (Å²) < 4.78 is 1.15. The maximum atomic E-state index is 9.42. The quantitative estimate of drug-likeness (QED) is 0.843. The van der Waals surface area contributed by atoms with Gasteiger partial charge in [-0.1, -0.05) is 13.3 Å². The second-order valence-electron chi connectivity index (χ2n) is 4.60. The molecule has 0 bridgehead atoms. The molecule has 2 rings (SSSR count). The van der Waals surface area contributed by atoms with Crippen LogP contribution in [0.2, 0.25) is 0 Å². The van der Waals surface area contributed by atoms with E-state index in [4.69, 9.17) is 0 Å². The summed E-state index contributed by atoms with van der Waals surface area (Å²) in [6.45, 7) is 4.32. The molecule has 0 spiro atoms. The van der Waals surface area contributed by atoms with E-state index in [1.807, 2.05) is 0 Å². The Bertz CT molecular complexity index is 404. The summed E-state index contributed by atoms with van der Waals surface area (Å²) >= 11 is 5.23. The van der Waals surface area contributed by atoms with Crippen LogP contribution in [0.25, 0.3) is 0 Å². The van der Waals surface area contributed by atoms with E-state index in [0.29, 0.717) is 5.92 Å². The van der Waals surface area contributed by atoms with Gasteiger partial charge in [0.05, 0.1) is 9.86 Å². The van der Waals surface area contributed by atoms with Gasteiger partial charge in [0.15, 0.2) is 0 Å². The second-order valence-corrected chi connectivity index (χ2v) is 7.10. The number of piperidine rings is 1. The van der Waals surface area contributed by atoms with Crippen molar-refractivity contribution in [1.82, 2.24) is 4.90 Å². The summed E-state index contributed by atoms with van der Waals surface area (Å²) in [6.07, 6.45) is 3.78. The van der Waals surface area contributed by atoms with Crippen LogP contribution >= 0.6 is 27.3 Å². The fourth-order valence-corrected chi connectivity index (χ4v) is 3.94. The van der Waals surface area contributed by atoms with Gasteiger partial charge in [0, 0.05) is 10.8 Å². The number of hydrogen-bond donors (Lipinski definition) is 0. The lowest BCUT2D eigenvalue weighted by Gasteiger charge is -2.33. The zero-order valence-corrected chi connectivity index (χ0v) is 12.4. The molecule has 0 N–H and O–H groups in total. The van der Waals surface area contributed by atoms with Crippen molar-refractivity contribution in [3.63, 3.8) is 0 Å². The van der Waals surface area contributed by atoms with Crippen LogP contribution in [0.1, 0.15) is 37.0 Å². The van der Waals surface area contributed by atoms with Crippen LogP contribution < -0.4 is 0 Å². The molecule has 1 fully saturated rings. The van der Waals surface area contributed by atoms with Crippen molar-refractivity contribution in [2.24, 2.45) is 0 Å². The van der Waals surface area contributed by atoms with Crippen LogP contribution in [0.15, 0.2) is 15.9 Å². The standard InChI is InChI=1S/C13H17BrN2S/c1-10(12-5-6-13(14)17-12)11(9-15)16-7-3-2-4-8-16/h5-6,10-11H,2-4,7-8H2,1H3. The minimum absolute atomic E-state index is 0.0286. The summed E-state index contributed by atoms with van der Waals surface area (Å²) in [5.41, 5.74) is 0. The molecular weight excluding hydrogens is 296 g/mol. The SMILES string of the molecule is CC(c1ccc(Br)s1)C(C#N)N1CCCCC1. The molecule has 17 heavy (non-hydrogen) atoms. The summed E-state index contributed by atoms with van der Waals surface area (Å²) in [4.78, 5) is 3.65. The van der Waals surface area contributed by atoms with Gasteiger partial charge in [-0.05, 0) is 54.0 Å². The Kier molecular flexibility index (Phi) is 4.61. The van der Waals surface area contributed by atoms with Crippen LogP contribution in [0, 0.1) is 11.3 Å². The zero-order chi connectivity index (χ0) is 12.3. The van der Waals surface area contributed by atoms with Gasteiger partial charge in [0.25, 0.3) is 0 Å². The fraction of sp³-hybridized carbons (Fsp3) is 0.615. The van der Waals surface area contributed by atoms with Gasteiger partial charge >= 0.3 is 0 Å². The first-order valence-electron chi connectivity index (χ1n) is 6.11. The van der Waals surface area contributed by atoms with Crippen molar-refractivity contribution in [1.29, 1.82) is 5.26 Å². The van der Waals surface area contributed by atoms with Gasteiger partial charge in [-0.15, -0.1) is 11.3 Å². The van der Waals surface area contributed by atoms with Crippen molar-refractivity contribution >= 4 is 27.3 Å². The van der Waals surface area contributed by atoms with Crippen LogP contribution in [-0.2, 0) is 0 Å². The van der Waals surface area contributed by atoms with Crippen LogP contribution in [-0.4, -0.2) is 24.0 Å². The van der Waals surface area contributed by atoms with E-state index in [1.54, 1.807) is 11.3 Å². The first-order valence-corrected chi connectivity index (χ1v) is 7.72. The predicted octanol–water partition coefficient (Wildman–Crippen LogP) is 3.99. The normalized spacial score (nSPS) is 20.8. The Hall–Kier alpha value is -0.370. The van der Waals surface area contributed by atoms with Gasteiger partial charge in [-0.3, -0.25) is 4.90 Å². The van der Waals surface area contributed by atoms with Crippen molar-refractivity contribution in [3.05, 3.63) is 20.8 Å². The topological polar surface area (TPSA) is 27.0 Å². The Morgan fingerprint density at radius 3 is 2.59 bits per heavy atom. The van der Waals surface area contributed by atoms with E-state index in [0.717, 1.165) is 16.9 Å². The average molecular weight is 313 g/mol. The van der Waals surface area contributed by atoms with Gasteiger partial charge in [0.2, 0.25) is 0 Å². The smallest absolute Gasteiger partial charge is 0.105 e. The minimum atomic E-state index is 0.0286. The molecule has 1 aliphatic heterocycles. The highest BCUT2D eigenvalue weighted by molar-refractivity contribution is 9.11. The molecule has 0 radical (unpaired) electrons. The maximum Gasteiger partial charge on any atom is 0.105 e. The maximum absolute atomic E-state index is 9.42. The Labute approximate surface area is 115 Å². The lowest BCUT2D eigenvalue weighted by molar-refractivity contribution is 0.179. The number of rotatable bonds is 3. The van der Waals surface area contributed by atoms with Crippen molar-refractivity contribution < 1.29 is 0 Å². The van der Waals surface area contributed by atoms with E-state index in [-0.39, 0.29) is 6.04 Å².